The third-order valence-corrected chi connectivity index (χ3v) is 3.16. The van der Waals surface area contributed by atoms with Crippen molar-refractivity contribution in [3.05, 3.63) is 53.0 Å². The van der Waals surface area contributed by atoms with E-state index in [4.69, 9.17) is 4.74 Å². The van der Waals surface area contributed by atoms with Crippen LogP contribution in [0.1, 0.15) is 30.5 Å². The smallest absolute Gasteiger partial charge is 0.222 e. The van der Waals surface area contributed by atoms with Gasteiger partial charge in [-0.3, -0.25) is 0 Å². The first kappa shape index (κ1) is 15.4. The van der Waals surface area contributed by atoms with Crippen molar-refractivity contribution >= 4 is 0 Å². The first-order valence-corrected chi connectivity index (χ1v) is 7.09. The predicted molar refractivity (Wildman–Crippen MR) is 82.2 cm³/mol. The van der Waals surface area contributed by atoms with Crippen LogP contribution in [0.3, 0.4) is 0 Å². The molecule has 0 unspecified atom stereocenters. The van der Waals surface area contributed by atoms with Crippen LogP contribution >= 0.6 is 0 Å². The lowest BCUT2D eigenvalue weighted by Crippen LogP contribution is -2.21. The van der Waals surface area contributed by atoms with Gasteiger partial charge in [-0.2, -0.15) is 0 Å². The van der Waals surface area contributed by atoms with Gasteiger partial charge in [-0.1, -0.05) is 26.0 Å². The molecular formula is C17H21FN2O. The normalized spacial score (nSPS) is 11.0. The topological polar surface area (TPSA) is 34.2 Å². The number of benzene rings is 1. The monoisotopic (exact) mass is 288 g/mol. The molecule has 2 aromatic rings. The van der Waals surface area contributed by atoms with Crippen molar-refractivity contribution in [3.8, 4) is 11.6 Å². The molecule has 0 aliphatic rings. The van der Waals surface area contributed by atoms with Crippen LogP contribution in [0.2, 0.25) is 0 Å². The molecule has 112 valence electrons. The molecule has 0 aliphatic carbocycles. The van der Waals surface area contributed by atoms with Crippen molar-refractivity contribution < 1.29 is 9.13 Å². The molecule has 0 radical (unpaired) electrons. The molecule has 4 heteroatoms. The molecule has 1 aromatic carbocycles. The number of halogens is 1. The number of hydrogen-bond acceptors (Lipinski definition) is 3. The number of pyridine rings is 1. The molecule has 0 aliphatic heterocycles. The molecular weight excluding hydrogens is 267 g/mol. The zero-order chi connectivity index (χ0) is 15.4. The SMILES string of the molecule is Cc1cc(CNC(C)C)cnc1Oc1cccc(C)c1F. The lowest BCUT2D eigenvalue weighted by molar-refractivity contribution is 0.422. The maximum atomic E-state index is 13.9. The summed E-state index contributed by atoms with van der Waals surface area (Å²) >= 11 is 0. The number of aromatic nitrogens is 1. The highest BCUT2D eigenvalue weighted by atomic mass is 19.1. The van der Waals surface area contributed by atoms with Crippen LogP contribution in [0.15, 0.2) is 30.5 Å². The Bertz CT molecular complexity index is 626. The molecule has 1 N–H and O–H groups in total. The van der Waals surface area contributed by atoms with Crippen LogP contribution in [0.4, 0.5) is 4.39 Å². The zero-order valence-corrected chi connectivity index (χ0v) is 12.9. The molecule has 3 nitrogen and oxygen atoms in total. The number of nitrogens with zero attached hydrogens (tertiary/aromatic N) is 1. The van der Waals surface area contributed by atoms with E-state index in [-0.39, 0.29) is 11.6 Å². The molecule has 0 atom stereocenters. The summed E-state index contributed by atoms with van der Waals surface area (Å²) in [6, 6.07) is 7.51. The van der Waals surface area contributed by atoms with Gasteiger partial charge in [0.05, 0.1) is 0 Å². The van der Waals surface area contributed by atoms with Crippen molar-refractivity contribution in [1.29, 1.82) is 0 Å². The van der Waals surface area contributed by atoms with Gasteiger partial charge < -0.3 is 10.1 Å². The number of nitrogens with one attached hydrogen (secondary N) is 1. The van der Waals surface area contributed by atoms with Crippen LogP contribution in [-0.2, 0) is 6.54 Å². The third kappa shape index (κ3) is 4.02. The summed E-state index contributed by atoms with van der Waals surface area (Å²) in [4.78, 5) is 4.29. The van der Waals surface area contributed by atoms with Crippen molar-refractivity contribution in [2.24, 2.45) is 0 Å². The largest absolute Gasteiger partial charge is 0.436 e. The lowest BCUT2D eigenvalue weighted by Gasteiger charge is -2.12. The minimum atomic E-state index is -0.343. The van der Waals surface area contributed by atoms with E-state index in [1.807, 2.05) is 13.0 Å². The Labute approximate surface area is 125 Å². The lowest BCUT2D eigenvalue weighted by atomic mass is 10.2. The molecule has 0 amide bonds. The van der Waals surface area contributed by atoms with Crippen molar-refractivity contribution in [1.82, 2.24) is 10.3 Å². The first-order valence-electron chi connectivity index (χ1n) is 7.09. The average molecular weight is 288 g/mol. The summed E-state index contributed by atoms with van der Waals surface area (Å²) in [6.45, 7) is 8.57. The highest BCUT2D eigenvalue weighted by molar-refractivity contribution is 5.36. The minimum absolute atomic E-state index is 0.207. The summed E-state index contributed by atoms with van der Waals surface area (Å²) in [7, 11) is 0. The second-order valence-electron chi connectivity index (χ2n) is 5.49. The summed E-state index contributed by atoms with van der Waals surface area (Å²) in [5.74, 6) is 0.302. The molecule has 0 saturated carbocycles. The Kier molecular flexibility index (Phi) is 4.91. The summed E-state index contributed by atoms with van der Waals surface area (Å²) < 4.78 is 19.5. The van der Waals surface area contributed by atoms with Gasteiger partial charge in [0, 0.05) is 24.3 Å². The van der Waals surface area contributed by atoms with Crippen LogP contribution in [0, 0.1) is 19.7 Å². The molecule has 0 spiro atoms. The van der Waals surface area contributed by atoms with Crippen molar-refractivity contribution in [2.75, 3.05) is 0 Å². The summed E-state index contributed by atoms with van der Waals surface area (Å²) in [5, 5.41) is 3.33. The Morgan fingerprint density at radius 1 is 1.24 bits per heavy atom. The van der Waals surface area contributed by atoms with E-state index < -0.39 is 0 Å². The second kappa shape index (κ2) is 6.68. The fourth-order valence-corrected chi connectivity index (χ4v) is 1.95. The van der Waals surface area contributed by atoms with Crippen molar-refractivity contribution in [3.63, 3.8) is 0 Å². The van der Waals surface area contributed by atoms with E-state index in [0.717, 1.165) is 17.7 Å². The zero-order valence-electron chi connectivity index (χ0n) is 12.9. The standard InChI is InChI=1S/C17H21FN2O/c1-11(2)19-9-14-8-13(4)17(20-10-14)21-15-7-5-6-12(3)16(15)18/h5-8,10-11,19H,9H2,1-4H3. The molecule has 2 rings (SSSR count). The minimum Gasteiger partial charge on any atom is -0.436 e. The Morgan fingerprint density at radius 2 is 2.00 bits per heavy atom. The van der Waals surface area contributed by atoms with Gasteiger partial charge in [-0.15, -0.1) is 0 Å². The molecule has 0 saturated heterocycles. The van der Waals surface area contributed by atoms with E-state index in [1.165, 1.54) is 0 Å². The van der Waals surface area contributed by atoms with E-state index in [0.29, 0.717) is 17.5 Å². The fraction of sp³-hybridized carbons (Fsp3) is 0.353. The molecule has 1 heterocycles. The molecule has 0 fully saturated rings. The van der Waals surface area contributed by atoms with Crippen LogP contribution in [0.25, 0.3) is 0 Å². The van der Waals surface area contributed by atoms with Crippen LogP contribution in [0.5, 0.6) is 11.6 Å². The second-order valence-corrected chi connectivity index (χ2v) is 5.49. The van der Waals surface area contributed by atoms with Gasteiger partial charge in [0.25, 0.3) is 0 Å². The predicted octanol–water partition coefficient (Wildman–Crippen LogP) is 4.13. The van der Waals surface area contributed by atoms with Gasteiger partial charge in [0.1, 0.15) is 0 Å². The molecule has 1 aromatic heterocycles. The van der Waals surface area contributed by atoms with Crippen molar-refractivity contribution in [2.45, 2.75) is 40.3 Å². The fourth-order valence-electron chi connectivity index (χ4n) is 1.95. The van der Waals surface area contributed by atoms with E-state index in [2.05, 4.69) is 24.1 Å². The highest BCUT2D eigenvalue weighted by Crippen LogP contribution is 2.27. The summed E-state index contributed by atoms with van der Waals surface area (Å²) in [6.07, 6.45) is 1.76. The maximum Gasteiger partial charge on any atom is 0.222 e. The number of rotatable bonds is 5. The molecule has 0 bridgehead atoms. The highest BCUT2D eigenvalue weighted by Gasteiger charge is 2.10. The quantitative estimate of drug-likeness (QED) is 0.898. The number of aryl methyl sites for hydroxylation is 2. The maximum absolute atomic E-state index is 13.9. The number of hydrogen-bond donors (Lipinski definition) is 1. The molecule has 21 heavy (non-hydrogen) atoms. The average Bonchev–Trinajstić information content (AvgIpc) is 2.44. The first-order chi connectivity index (χ1) is 9.97. The Morgan fingerprint density at radius 3 is 2.67 bits per heavy atom. The van der Waals surface area contributed by atoms with Gasteiger partial charge in [0.15, 0.2) is 11.6 Å². The van der Waals surface area contributed by atoms with Crippen LogP contribution in [-0.4, -0.2) is 11.0 Å². The number of ether oxygens (including phenoxy) is 1. The van der Waals surface area contributed by atoms with Crippen LogP contribution < -0.4 is 10.1 Å². The van der Waals surface area contributed by atoms with Gasteiger partial charge >= 0.3 is 0 Å². The van der Waals surface area contributed by atoms with Gasteiger partial charge in [-0.25, -0.2) is 9.37 Å². The summed E-state index contributed by atoms with van der Waals surface area (Å²) in [5.41, 5.74) is 2.53. The van der Waals surface area contributed by atoms with E-state index in [9.17, 15) is 4.39 Å². The van der Waals surface area contributed by atoms with Gasteiger partial charge in [0.2, 0.25) is 5.88 Å². The van der Waals surface area contributed by atoms with E-state index in [1.54, 1.807) is 31.3 Å². The van der Waals surface area contributed by atoms with E-state index >= 15 is 0 Å². The van der Waals surface area contributed by atoms with Gasteiger partial charge in [-0.05, 0) is 37.1 Å². The Hall–Kier alpha value is -1.94. The Balaban J connectivity index is 2.16. The third-order valence-electron chi connectivity index (χ3n) is 3.16.